The molecular weight excluding hydrogens is 244 g/mol. The molecule has 1 aromatic carbocycles. The predicted octanol–water partition coefficient (Wildman–Crippen LogP) is 1.94. The monoisotopic (exact) mass is 264 g/mol. The van der Waals surface area contributed by atoms with Crippen molar-refractivity contribution in [1.29, 1.82) is 0 Å². The summed E-state index contributed by atoms with van der Waals surface area (Å²) >= 11 is 0. The highest BCUT2D eigenvalue weighted by atomic mass is 16.5. The molecule has 0 aromatic heterocycles. The highest BCUT2D eigenvalue weighted by Crippen LogP contribution is 2.15. The van der Waals surface area contributed by atoms with Gasteiger partial charge in [0.15, 0.2) is 0 Å². The zero-order valence-electron chi connectivity index (χ0n) is 11.5. The van der Waals surface area contributed by atoms with Gasteiger partial charge in [0.05, 0.1) is 6.61 Å². The first-order valence-electron chi connectivity index (χ1n) is 6.37. The van der Waals surface area contributed by atoms with Crippen molar-refractivity contribution in [1.82, 2.24) is 5.32 Å². The Morgan fingerprint density at radius 1 is 1.16 bits per heavy atom. The van der Waals surface area contributed by atoms with E-state index in [-0.39, 0.29) is 6.04 Å². The van der Waals surface area contributed by atoms with E-state index in [2.05, 4.69) is 10.6 Å². The summed E-state index contributed by atoms with van der Waals surface area (Å²) in [6, 6.07) is 6.84. The zero-order chi connectivity index (χ0) is 14.3. The van der Waals surface area contributed by atoms with Gasteiger partial charge in [-0.2, -0.15) is 0 Å². The van der Waals surface area contributed by atoms with Crippen molar-refractivity contribution in [3.63, 3.8) is 0 Å². The molecule has 5 nitrogen and oxygen atoms in total. The van der Waals surface area contributed by atoms with Crippen LogP contribution in [-0.4, -0.2) is 24.5 Å². The van der Waals surface area contributed by atoms with E-state index >= 15 is 0 Å². The van der Waals surface area contributed by atoms with Crippen LogP contribution in [0.25, 0.3) is 0 Å². The zero-order valence-corrected chi connectivity index (χ0v) is 11.5. The predicted molar refractivity (Wildman–Crippen MR) is 74.1 cm³/mol. The minimum atomic E-state index is -0.670. The van der Waals surface area contributed by atoms with E-state index < -0.39 is 11.8 Å². The summed E-state index contributed by atoms with van der Waals surface area (Å²) in [4.78, 5) is 23.0. The van der Waals surface area contributed by atoms with E-state index in [4.69, 9.17) is 4.74 Å². The van der Waals surface area contributed by atoms with Crippen LogP contribution in [0.5, 0.6) is 5.75 Å². The summed E-state index contributed by atoms with van der Waals surface area (Å²) < 4.78 is 5.42. The Hall–Kier alpha value is -2.04. The summed E-state index contributed by atoms with van der Waals surface area (Å²) in [5.74, 6) is -0.566. The summed E-state index contributed by atoms with van der Waals surface area (Å²) in [6.45, 7) is 6.28. The first kappa shape index (κ1) is 15.0. The summed E-state index contributed by atoms with van der Waals surface area (Å²) in [5, 5.41) is 5.05. The van der Waals surface area contributed by atoms with E-state index in [0.29, 0.717) is 12.3 Å². The third-order valence-corrected chi connectivity index (χ3v) is 2.21. The quantitative estimate of drug-likeness (QED) is 0.799. The van der Waals surface area contributed by atoms with Crippen molar-refractivity contribution in [2.75, 3.05) is 11.9 Å². The molecule has 0 aliphatic rings. The van der Waals surface area contributed by atoms with E-state index in [1.54, 1.807) is 38.1 Å². The molecule has 0 bridgehead atoms. The maximum absolute atomic E-state index is 11.6. The van der Waals surface area contributed by atoms with Crippen molar-refractivity contribution in [3.05, 3.63) is 24.3 Å². The van der Waals surface area contributed by atoms with E-state index in [1.165, 1.54) is 0 Å². The molecule has 104 valence electrons. The van der Waals surface area contributed by atoms with Crippen LogP contribution in [0.4, 0.5) is 5.69 Å². The molecule has 0 heterocycles. The summed E-state index contributed by atoms with van der Waals surface area (Å²) in [6.07, 6.45) is 0.938. The number of carbonyl (C=O) groups is 2. The molecule has 1 aromatic rings. The largest absolute Gasteiger partial charge is 0.494 e. The molecule has 0 aliphatic carbocycles. The molecular formula is C14H20N2O3. The lowest BCUT2D eigenvalue weighted by Gasteiger charge is -2.09. The van der Waals surface area contributed by atoms with Crippen molar-refractivity contribution < 1.29 is 14.3 Å². The Morgan fingerprint density at radius 3 is 2.32 bits per heavy atom. The summed E-state index contributed by atoms with van der Waals surface area (Å²) in [5.41, 5.74) is 0.563. The van der Waals surface area contributed by atoms with Crippen LogP contribution < -0.4 is 15.4 Å². The summed E-state index contributed by atoms with van der Waals surface area (Å²) in [7, 11) is 0. The van der Waals surface area contributed by atoms with Gasteiger partial charge < -0.3 is 15.4 Å². The molecule has 0 radical (unpaired) electrons. The first-order chi connectivity index (χ1) is 9.02. The Kier molecular flexibility index (Phi) is 5.85. The molecule has 1 rings (SSSR count). The smallest absolute Gasteiger partial charge is 0.313 e. The van der Waals surface area contributed by atoms with Crippen LogP contribution in [0.15, 0.2) is 24.3 Å². The second-order valence-electron chi connectivity index (χ2n) is 4.46. The number of ether oxygens (including phenoxy) is 1. The van der Waals surface area contributed by atoms with E-state index in [0.717, 1.165) is 12.2 Å². The SMILES string of the molecule is CCCOc1ccc(NC(=O)C(=O)NC(C)C)cc1. The highest BCUT2D eigenvalue weighted by molar-refractivity contribution is 6.39. The molecule has 0 saturated carbocycles. The van der Waals surface area contributed by atoms with Gasteiger partial charge in [-0.3, -0.25) is 9.59 Å². The fourth-order valence-corrected chi connectivity index (χ4v) is 1.37. The van der Waals surface area contributed by atoms with Crippen molar-refractivity contribution in [2.24, 2.45) is 0 Å². The molecule has 0 spiro atoms. The maximum atomic E-state index is 11.6. The Balaban J connectivity index is 2.53. The fraction of sp³-hybridized carbons (Fsp3) is 0.429. The van der Waals surface area contributed by atoms with Crippen molar-refractivity contribution >= 4 is 17.5 Å². The lowest BCUT2D eigenvalue weighted by Crippen LogP contribution is -2.39. The molecule has 2 amide bonds. The number of benzene rings is 1. The van der Waals surface area contributed by atoms with E-state index in [9.17, 15) is 9.59 Å². The van der Waals surface area contributed by atoms with Gasteiger partial charge in [-0.05, 0) is 44.5 Å². The van der Waals surface area contributed by atoms with Gasteiger partial charge in [0, 0.05) is 11.7 Å². The van der Waals surface area contributed by atoms with Crippen LogP contribution in [0.3, 0.4) is 0 Å². The maximum Gasteiger partial charge on any atom is 0.313 e. The van der Waals surface area contributed by atoms with Gasteiger partial charge in [0.1, 0.15) is 5.75 Å². The van der Waals surface area contributed by atoms with Gasteiger partial charge in [0.25, 0.3) is 0 Å². The van der Waals surface area contributed by atoms with E-state index in [1.807, 2.05) is 6.92 Å². The normalized spacial score (nSPS) is 10.1. The number of hydrogen-bond donors (Lipinski definition) is 2. The number of nitrogens with one attached hydrogen (secondary N) is 2. The molecule has 0 saturated heterocycles. The molecule has 5 heteroatoms. The van der Waals surface area contributed by atoms with Crippen LogP contribution in [0, 0.1) is 0 Å². The molecule has 0 atom stereocenters. The Bertz CT molecular complexity index is 427. The van der Waals surface area contributed by atoms with Gasteiger partial charge in [-0.25, -0.2) is 0 Å². The van der Waals surface area contributed by atoms with Crippen LogP contribution in [-0.2, 0) is 9.59 Å². The van der Waals surface area contributed by atoms with Crippen LogP contribution in [0.2, 0.25) is 0 Å². The lowest BCUT2D eigenvalue weighted by atomic mass is 10.3. The van der Waals surface area contributed by atoms with Crippen molar-refractivity contribution in [2.45, 2.75) is 33.2 Å². The Labute approximate surface area is 113 Å². The minimum Gasteiger partial charge on any atom is -0.494 e. The molecule has 0 aliphatic heterocycles. The number of anilines is 1. The van der Waals surface area contributed by atoms with Gasteiger partial charge >= 0.3 is 11.8 Å². The fourth-order valence-electron chi connectivity index (χ4n) is 1.37. The van der Waals surface area contributed by atoms with Gasteiger partial charge in [-0.15, -0.1) is 0 Å². The number of rotatable bonds is 5. The number of amides is 2. The second-order valence-corrected chi connectivity index (χ2v) is 4.46. The Morgan fingerprint density at radius 2 is 1.79 bits per heavy atom. The lowest BCUT2D eigenvalue weighted by molar-refractivity contribution is -0.136. The number of hydrogen-bond acceptors (Lipinski definition) is 3. The average Bonchev–Trinajstić information content (AvgIpc) is 2.37. The number of carbonyl (C=O) groups excluding carboxylic acids is 2. The topological polar surface area (TPSA) is 67.4 Å². The highest BCUT2D eigenvalue weighted by Gasteiger charge is 2.14. The standard InChI is InChI=1S/C14H20N2O3/c1-4-9-19-12-7-5-11(6-8-12)16-14(18)13(17)15-10(2)3/h5-8,10H,4,9H2,1-3H3,(H,15,17)(H,16,18). The molecule has 2 N–H and O–H groups in total. The van der Waals surface area contributed by atoms with Gasteiger partial charge in [-0.1, -0.05) is 6.92 Å². The average molecular weight is 264 g/mol. The third-order valence-electron chi connectivity index (χ3n) is 2.21. The van der Waals surface area contributed by atoms with Crippen LogP contribution in [0.1, 0.15) is 27.2 Å². The molecule has 0 fully saturated rings. The van der Waals surface area contributed by atoms with Crippen LogP contribution >= 0.6 is 0 Å². The molecule has 19 heavy (non-hydrogen) atoms. The first-order valence-corrected chi connectivity index (χ1v) is 6.37. The minimum absolute atomic E-state index is 0.0666. The third kappa shape index (κ3) is 5.42. The van der Waals surface area contributed by atoms with Gasteiger partial charge in [0.2, 0.25) is 0 Å². The van der Waals surface area contributed by atoms with Crippen molar-refractivity contribution in [3.8, 4) is 5.75 Å². The second kappa shape index (κ2) is 7.41. The molecule has 0 unspecified atom stereocenters.